The van der Waals surface area contributed by atoms with E-state index in [1.807, 2.05) is 19.1 Å². The van der Waals surface area contributed by atoms with Crippen LogP contribution in [0.4, 0.5) is 0 Å². The van der Waals surface area contributed by atoms with E-state index in [1.54, 1.807) is 48.9 Å². The minimum absolute atomic E-state index is 0.00284. The van der Waals surface area contributed by atoms with Gasteiger partial charge in [-0.3, -0.25) is 19.6 Å². The third-order valence-electron chi connectivity index (χ3n) is 4.96. The van der Waals surface area contributed by atoms with Crippen molar-refractivity contribution >= 4 is 23.3 Å². The highest BCUT2D eigenvalue weighted by Gasteiger charge is 2.24. The second-order valence-corrected chi connectivity index (χ2v) is 8.00. The lowest BCUT2D eigenvalue weighted by Crippen LogP contribution is -2.23. The summed E-state index contributed by atoms with van der Waals surface area (Å²) in [5.74, 6) is 0.112. The molecule has 0 aliphatic heterocycles. The number of carbonyl (C=O) groups excluding carboxylic acids is 2. The van der Waals surface area contributed by atoms with Crippen LogP contribution in [0.15, 0.2) is 65.5 Å². The first-order chi connectivity index (χ1) is 15.9. The fourth-order valence-corrected chi connectivity index (χ4v) is 3.56. The Morgan fingerprint density at radius 2 is 1.91 bits per heavy atom. The first-order valence-corrected chi connectivity index (χ1v) is 10.7. The van der Waals surface area contributed by atoms with Gasteiger partial charge in [0.25, 0.3) is 5.91 Å². The summed E-state index contributed by atoms with van der Waals surface area (Å²) in [6.45, 7) is 3.65. The van der Waals surface area contributed by atoms with Crippen LogP contribution in [0.2, 0.25) is 5.02 Å². The van der Waals surface area contributed by atoms with Crippen molar-refractivity contribution in [2.24, 2.45) is 0 Å². The van der Waals surface area contributed by atoms with E-state index in [-0.39, 0.29) is 36.1 Å². The summed E-state index contributed by atoms with van der Waals surface area (Å²) >= 11 is 6.40. The van der Waals surface area contributed by atoms with Crippen LogP contribution < -0.4 is 5.32 Å². The van der Waals surface area contributed by atoms with E-state index in [1.165, 1.54) is 6.92 Å². The number of carbonyl (C=O) groups is 2. The molecule has 0 fully saturated rings. The summed E-state index contributed by atoms with van der Waals surface area (Å²) in [7, 11) is 0. The number of nitrogens with one attached hydrogen (secondary N) is 1. The summed E-state index contributed by atoms with van der Waals surface area (Å²) in [5, 5.41) is 3.30. The first kappa shape index (κ1) is 22.4. The van der Waals surface area contributed by atoms with Gasteiger partial charge in [-0.05, 0) is 49.2 Å². The van der Waals surface area contributed by atoms with E-state index in [2.05, 4.69) is 20.3 Å². The highest BCUT2D eigenvalue weighted by molar-refractivity contribution is 6.33. The number of aryl methyl sites for hydroxylation is 1. The zero-order chi connectivity index (χ0) is 23.4. The molecule has 0 saturated heterocycles. The van der Waals surface area contributed by atoms with Crippen LogP contribution >= 0.6 is 11.6 Å². The van der Waals surface area contributed by atoms with Crippen molar-refractivity contribution in [3.05, 3.63) is 88.6 Å². The van der Waals surface area contributed by atoms with Crippen LogP contribution in [0.3, 0.4) is 0 Å². The van der Waals surface area contributed by atoms with E-state index in [0.717, 1.165) is 11.1 Å². The van der Waals surface area contributed by atoms with Crippen LogP contribution in [0.5, 0.6) is 0 Å². The zero-order valence-electron chi connectivity index (χ0n) is 18.1. The second-order valence-electron chi connectivity index (χ2n) is 7.59. The Labute approximate surface area is 195 Å². The van der Waals surface area contributed by atoms with Crippen molar-refractivity contribution in [1.29, 1.82) is 0 Å². The average Bonchev–Trinajstić information content (AvgIpc) is 3.24. The van der Waals surface area contributed by atoms with Gasteiger partial charge in [0.05, 0.1) is 5.02 Å². The van der Waals surface area contributed by atoms with E-state index < -0.39 is 5.91 Å². The maximum absolute atomic E-state index is 13.1. The molecular formula is C25H21ClN4O3. The van der Waals surface area contributed by atoms with Gasteiger partial charge in [0, 0.05) is 48.4 Å². The van der Waals surface area contributed by atoms with Crippen LogP contribution in [0.1, 0.15) is 34.2 Å². The van der Waals surface area contributed by atoms with E-state index in [9.17, 15) is 9.59 Å². The Hall–Kier alpha value is -3.84. The lowest BCUT2D eigenvalue weighted by Gasteiger charge is -2.05. The number of nitrogens with zero attached hydrogens (tertiary/aromatic N) is 3. The maximum atomic E-state index is 13.1. The molecule has 7 nitrogen and oxygen atoms in total. The molecule has 166 valence electrons. The number of hydrogen-bond donors (Lipinski definition) is 1. The lowest BCUT2D eigenvalue weighted by atomic mass is 10.1. The zero-order valence-corrected chi connectivity index (χ0v) is 18.9. The average molecular weight is 461 g/mol. The molecule has 1 aromatic carbocycles. The number of hydrogen-bond acceptors (Lipinski definition) is 6. The second kappa shape index (κ2) is 9.75. The van der Waals surface area contributed by atoms with Crippen LogP contribution in [-0.4, -0.2) is 26.6 Å². The molecule has 1 amide bonds. The molecule has 4 rings (SSSR count). The number of aromatic nitrogens is 3. The van der Waals surface area contributed by atoms with Gasteiger partial charge in [0.15, 0.2) is 11.5 Å². The predicted octanol–water partition coefficient (Wildman–Crippen LogP) is 4.82. The molecule has 0 atom stereocenters. The van der Waals surface area contributed by atoms with Crippen LogP contribution in [-0.2, 0) is 17.8 Å². The normalized spacial score (nSPS) is 10.8. The fraction of sp³-hybridized carbons (Fsp3) is 0.160. The van der Waals surface area contributed by atoms with Crippen molar-refractivity contribution in [2.45, 2.75) is 26.8 Å². The number of ketones is 1. The van der Waals surface area contributed by atoms with Crippen LogP contribution in [0.25, 0.3) is 22.8 Å². The van der Waals surface area contributed by atoms with E-state index >= 15 is 0 Å². The Kier molecular flexibility index (Phi) is 6.60. The van der Waals surface area contributed by atoms with Gasteiger partial charge < -0.3 is 9.73 Å². The molecule has 0 aliphatic rings. The third-order valence-corrected chi connectivity index (χ3v) is 5.29. The lowest BCUT2D eigenvalue weighted by molar-refractivity contribution is -0.116. The molecule has 3 aromatic heterocycles. The topological polar surface area (TPSA) is 98.0 Å². The summed E-state index contributed by atoms with van der Waals surface area (Å²) in [5.41, 5.74) is 3.58. The molecule has 33 heavy (non-hydrogen) atoms. The molecule has 3 heterocycles. The minimum Gasteiger partial charge on any atom is -0.435 e. The highest BCUT2D eigenvalue weighted by Crippen LogP contribution is 2.35. The quantitative estimate of drug-likeness (QED) is 0.424. The Morgan fingerprint density at radius 3 is 2.64 bits per heavy atom. The predicted molar refractivity (Wildman–Crippen MR) is 125 cm³/mol. The van der Waals surface area contributed by atoms with Crippen molar-refractivity contribution in [2.75, 3.05) is 0 Å². The molecule has 0 aliphatic carbocycles. The molecular weight excluding hydrogens is 440 g/mol. The Bertz CT molecular complexity index is 1320. The fourth-order valence-electron chi connectivity index (χ4n) is 3.34. The molecule has 0 bridgehead atoms. The Balaban J connectivity index is 1.75. The molecule has 0 unspecified atom stereocenters. The number of Topliss-reactive ketones (excluding diaryl/α,β-unsaturated/α-hetero) is 1. The standard InChI is InChI=1S/C25H21ClN4O3/c1-15-12-28-18(10-16(2)31)11-20(15)25-30-22(23(33-25)19-7-3-4-8-21(19)26)24(32)29-14-17-6-5-9-27-13-17/h3-9,11-13H,10,14H2,1-2H3,(H,29,32). The number of rotatable bonds is 7. The monoisotopic (exact) mass is 460 g/mol. The Morgan fingerprint density at radius 1 is 1.09 bits per heavy atom. The van der Waals surface area contributed by atoms with Crippen molar-refractivity contribution in [1.82, 2.24) is 20.3 Å². The van der Waals surface area contributed by atoms with Gasteiger partial charge in [-0.25, -0.2) is 4.98 Å². The highest BCUT2D eigenvalue weighted by atomic mass is 35.5. The first-order valence-electron chi connectivity index (χ1n) is 10.3. The smallest absolute Gasteiger partial charge is 0.274 e. The summed E-state index contributed by atoms with van der Waals surface area (Å²) in [4.78, 5) is 37.6. The third kappa shape index (κ3) is 5.15. The summed E-state index contributed by atoms with van der Waals surface area (Å²) in [6, 6.07) is 12.5. The molecule has 8 heteroatoms. The van der Waals surface area contributed by atoms with Crippen molar-refractivity contribution in [3.63, 3.8) is 0 Å². The number of pyridine rings is 2. The van der Waals surface area contributed by atoms with Gasteiger partial charge >= 0.3 is 0 Å². The molecule has 0 radical (unpaired) electrons. The number of amides is 1. The molecule has 1 N–H and O–H groups in total. The van der Waals surface area contributed by atoms with Gasteiger partial charge in [-0.15, -0.1) is 0 Å². The van der Waals surface area contributed by atoms with E-state index in [4.69, 9.17) is 16.0 Å². The summed E-state index contributed by atoms with van der Waals surface area (Å²) < 4.78 is 6.10. The minimum atomic E-state index is -0.403. The molecule has 0 saturated carbocycles. The van der Waals surface area contributed by atoms with Crippen molar-refractivity contribution < 1.29 is 14.0 Å². The van der Waals surface area contributed by atoms with Gasteiger partial charge in [0.1, 0.15) is 5.78 Å². The maximum Gasteiger partial charge on any atom is 0.274 e. The number of halogens is 1. The van der Waals surface area contributed by atoms with Crippen LogP contribution in [0, 0.1) is 6.92 Å². The SMILES string of the molecule is CC(=O)Cc1cc(-c2nc(C(=O)NCc3cccnc3)c(-c3ccccc3Cl)o2)c(C)cn1. The van der Waals surface area contributed by atoms with Gasteiger partial charge in [-0.1, -0.05) is 29.8 Å². The van der Waals surface area contributed by atoms with E-state index in [0.29, 0.717) is 21.8 Å². The van der Waals surface area contributed by atoms with Gasteiger partial charge in [-0.2, -0.15) is 0 Å². The summed E-state index contributed by atoms with van der Waals surface area (Å²) in [6.07, 6.45) is 5.21. The van der Waals surface area contributed by atoms with Crippen molar-refractivity contribution in [3.8, 4) is 22.8 Å². The molecule has 4 aromatic rings. The molecule has 0 spiro atoms. The van der Waals surface area contributed by atoms with Gasteiger partial charge in [0.2, 0.25) is 5.89 Å². The largest absolute Gasteiger partial charge is 0.435 e. The number of benzene rings is 1. The number of oxazole rings is 1.